The number of hydrogen-bond acceptors (Lipinski definition) is 2. The number of phenolic OH excluding ortho intramolecular Hbond substituents is 1. The van der Waals surface area contributed by atoms with Crippen LogP contribution in [0.3, 0.4) is 0 Å². The standard InChI is InChI=1S/C11H7O2/c12-7-9-6-10(13)5-8-3-1-2-4-11(8)9/h1-5,7,13H. The number of aromatic hydroxyl groups is 1. The highest BCUT2D eigenvalue weighted by molar-refractivity contribution is 5.98. The molecule has 0 fully saturated rings. The minimum absolute atomic E-state index is 0.000741. The lowest BCUT2D eigenvalue weighted by Crippen LogP contribution is -1.83. The van der Waals surface area contributed by atoms with Gasteiger partial charge in [0.15, 0.2) is 6.29 Å². The third-order valence-corrected chi connectivity index (χ3v) is 1.92. The molecule has 2 aromatic rings. The van der Waals surface area contributed by atoms with Gasteiger partial charge in [0.25, 0.3) is 0 Å². The predicted octanol–water partition coefficient (Wildman–Crippen LogP) is 2.16. The van der Waals surface area contributed by atoms with Crippen LogP contribution in [-0.4, -0.2) is 11.4 Å². The molecule has 0 unspecified atom stereocenters. The normalized spacial score (nSPS) is 10.2. The summed E-state index contributed by atoms with van der Waals surface area (Å²) in [4.78, 5) is 10.6. The van der Waals surface area contributed by atoms with Gasteiger partial charge >= 0.3 is 0 Å². The summed E-state index contributed by atoms with van der Waals surface area (Å²) >= 11 is 0. The Hall–Kier alpha value is -1.83. The molecule has 0 atom stereocenters. The molecule has 0 heterocycles. The van der Waals surface area contributed by atoms with Crippen LogP contribution in [0, 0.1) is 6.07 Å². The van der Waals surface area contributed by atoms with Crippen LogP contribution in [-0.2, 0) is 0 Å². The molecule has 0 spiro atoms. The lowest BCUT2D eigenvalue weighted by atomic mass is 10.1. The molecule has 0 bridgehead atoms. The summed E-state index contributed by atoms with van der Waals surface area (Å²) in [6.07, 6.45) is 0.696. The fraction of sp³-hybridized carbons (Fsp3) is 0. The van der Waals surface area contributed by atoms with Gasteiger partial charge < -0.3 is 5.11 Å². The number of hydrogen-bond donors (Lipinski definition) is 1. The Bertz CT molecular complexity index is 461. The van der Waals surface area contributed by atoms with Crippen LogP contribution in [0.15, 0.2) is 30.3 Å². The van der Waals surface area contributed by atoms with Crippen molar-refractivity contribution in [2.75, 3.05) is 0 Å². The van der Waals surface area contributed by atoms with Crippen molar-refractivity contribution in [1.82, 2.24) is 0 Å². The maximum Gasteiger partial charge on any atom is 0.151 e. The van der Waals surface area contributed by atoms with E-state index in [4.69, 9.17) is 0 Å². The third kappa shape index (κ3) is 1.26. The van der Waals surface area contributed by atoms with E-state index in [2.05, 4.69) is 6.07 Å². The maximum absolute atomic E-state index is 10.6. The number of benzene rings is 2. The summed E-state index contributed by atoms with van der Waals surface area (Å²) < 4.78 is 0. The average molecular weight is 171 g/mol. The van der Waals surface area contributed by atoms with Crippen molar-refractivity contribution in [2.45, 2.75) is 0 Å². The molecule has 2 nitrogen and oxygen atoms in total. The molecule has 13 heavy (non-hydrogen) atoms. The van der Waals surface area contributed by atoms with Gasteiger partial charge in [-0.2, -0.15) is 0 Å². The van der Waals surface area contributed by atoms with Gasteiger partial charge in [0.1, 0.15) is 5.75 Å². The van der Waals surface area contributed by atoms with E-state index in [-0.39, 0.29) is 5.75 Å². The molecule has 1 N–H and O–H groups in total. The lowest BCUT2D eigenvalue weighted by molar-refractivity contribution is 0.112. The summed E-state index contributed by atoms with van der Waals surface area (Å²) in [5, 5.41) is 10.9. The van der Waals surface area contributed by atoms with Crippen LogP contribution in [0.2, 0.25) is 0 Å². The second kappa shape index (κ2) is 2.90. The fourth-order valence-electron chi connectivity index (χ4n) is 1.35. The van der Waals surface area contributed by atoms with Crippen LogP contribution in [0.4, 0.5) is 0 Å². The molecule has 0 aliphatic rings. The van der Waals surface area contributed by atoms with Crippen LogP contribution in [0.5, 0.6) is 5.75 Å². The number of phenols is 1. The Kier molecular flexibility index (Phi) is 1.74. The first-order chi connectivity index (χ1) is 6.31. The van der Waals surface area contributed by atoms with Crippen LogP contribution >= 0.6 is 0 Å². The van der Waals surface area contributed by atoms with Crippen LogP contribution in [0.25, 0.3) is 10.8 Å². The second-order valence-corrected chi connectivity index (χ2v) is 2.77. The molecule has 0 saturated heterocycles. The zero-order valence-electron chi connectivity index (χ0n) is 6.82. The van der Waals surface area contributed by atoms with E-state index in [9.17, 15) is 9.90 Å². The maximum atomic E-state index is 10.6. The molecule has 2 heteroatoms. The van der Waals surface area contributed by atoms with Crippen molar-refractivity contribution in [2.24, 2.45) is 0 Å². The monoisotopic (exact) mass is 171 g/mol. The van der Waals surface area contributed by atoms with Crippen molar-refractivity contribution in [3.63, 3.8) is 0 Å². The SMILES string of the molecule is O=Cc1[c]c(O)cc2ccccc12. The summed E-state index contributed by atoms with van der Waals surface area (Å²) in [6.45, 7) is 0. The van der Waals surface area contributed by atoms with E-state index in [1.807, 2.05) is 24.3 Å². The fourth-order valence-corrected chi connectivity index (χ4v) is 1.35. The first-order valence-electron chi connectivity index (χ1n) is 3.90. The summed E-state index contributed by atoms with van der Waals surface area (Å²) in [6, 6.07) is 11.5. The number of carbonyl (C=O) groups is 1. The van der Waals surface area contributed by atoms with Gasteiger partial charge in [0, 0.05) is 11.6 Å². The number of fused-ring (bicyclic) bond motifs is 1. The summed E-state index contributed by atoms with van der Waals surface area (Å²) in [7, 11) is 0. The molecule has 0 saturated carbocycles. The van der Waals surface area contributed by atoms with E-state index in [1.165, 1.54) is 0 Å². The Morgan fingerprint density at radius 2 is 2.08 bits per heavy atom. The van der Waals surface area contributed by atoms with E-state index in [0.29, 0.717) is 11.8 Å². The third-order valence-electron chi connectivity index (χ3n) is 1.92. The highest BCUT2D eigenvalue weighted by Crippen LogP contribution is 2.22. The van der Waals surface area contributed by atoms with Crippen molar-refractivity contribution < 1.29 is 9.90 Å². The largest absolute Gasteiger partial charge is 0.507 e. The topological polar surface area (TPSA) is 37.3 Å². The van der Waals surface area contributed by atoms with Gasteiger partial charge in [-0.05, 0) is 16.8 Å². The number of carbonyl (C=O) groups excluding carboxylic acids is 1. The van der Waals surface area contributed by atoms with Gasteiger partial charge in [0.05, 0.1) is 0 Å². The first kappa shape index (κ1) is 7.80. The highest BCUT2D eigenvalue weighted by Gasteiger charge is 2.01. The van der Waals surface area contributed by atoms with Crippen molar-refractivity contribution >= 4 is 17.1 Å². The average Bonchev–Trinajstić information content (AvgIpc) is 2.16. The van der Waals surface area contributed by atoms with E-state index in [1.54, 1.807) is 6.07 Å². The molecule has 2 aromatic carbocycles. The zero-order valence-corrected chi connectivity index (χ0v) is 6.82. The van der Waals surface area contributed by atoms with Gasteiger partial charge in [0.2, 0.25) is 0 Å². The van der Waals surface area contributed by atoms with Gasteiger partial charge in [-0.3, -0.25) is 4.79 Å². The molecule has 2 rings (SSSR count). The molecule has 0 aliphatic heterocycles. The van der Waals surface area contributed by atoms with E-state index in [0.717, 1.165) is 10.8 Å². The minimum Gasteiger partial charge on any atom is -0.507 e. The van der Waals surface area contributed by atoms with Gasteiger partial charge in [-0.1, -0.05) is 24.3 Å². The summed E-state index contributed by atoms with van der Waals surface area (Å²) in [5.41, 5.74) is 0.399. The molecule has 1 radical (unpaired) electrons. The predicted molar refractivity (Wildman–Crippen MR) is 49.8 cm³/mol. The van der Waals surface area contributed by atoms with Gasteiger partial charge in [-0.15, -0.1) is 0 Å². The molecule has 63 valence electrons. The molecule has 0 aliphatic carbocycles. The van der Waals surface area contributed by atoms with Crippen molar-refractivity contribution in [3.8, 4) is 5.75 Å². The van der Waals surface area contributed by atoms with E-state index < -0.39 is 0 Å². The Labute approximate surface area is 75.4 Å². The number of rotatable bonds is 1. The zero-order chi connectivity index (χ0) is 9.26. The van der Waals surface area contributed by atoms with Crippen LogP contribution in [0.1, 0.15) is 10.4 Å². The Balaban J connectivity index is 2.89. The summed E-state index contributed by atoms with van der Waals surface area (Å²) in [5.74, 6) is 0.000741. The van der Waals surface area contributed by atoms with Crippen LogP contribution < -0.4 is 0 Å². The lowest BCUT2D eigenvalue weighted by Gasteiger charge is -2.00. The smallest absolute Gasteiger partial charge is 0.151 e. The molecular formula is C11H7O2. The Morgan fingerprint density at radius 3 is 2.85 bits per heavy atom. The van der Waals surface area contributed by atoms with E-state index >= 15 is 0 Å². The molecule has 0 aromatic heterocycles. The highest BCUT2D eigenvalue weighted by atomic mass is 16.3. The quantitative estimate of drug-likeness (QED) is 0.667. The van der Waals surface area contributed by atoms with Gasteiger partial charge in [-0.25, -0.2) is 0 Å². The minimum atomic E-state index is 0.000741. The number of aldehydes is 1. The Morgan fingerprint density at radius 1 is 1.31 bits per heavy atom. The molecular weight excluding hydrogens is 164 g/mol. The van der Waals surface area contributed by atoms with Crippen molar-refractivity contribution in [3.05, 3.63) is 42.0 Å². The first-order valence-corrected chi connectivity index (χ1v) is 3.90. The second-order valence-electron chi connectivity index (χ2n) is 2.77. The molecule has 0 amide bonds. The van der Waals surface area contributed by atoms with Crippen molar-refractivity contribution in [1.29, 1.82) is 0 Å².